The molecule has 0 aliphatic carbocycles. The molecular formula is C18H20N8O6S2. The fourth-order valence-corrected chi connectivity index (χ4v) is 5.74. The number of fused-ring (bicyclic) bond motifs is 1. The molecule has 4 rings (SSSR count). The zero-order chi connectivity index (χ0) is 24.4. The first-order valence-electron chi connectivity index (χ1n) is 9.82. The van der Waals surface area contributed by atoms with Crippen molar-refractivity contribution in [2.45, 2.75) is 23.1 Å². The van der Waals surface area contributed by atoms with Crippen LogP contribution in [0.15, 0.2) is 38.1 Å². The third-order valence-electron chi connectivity index (χ3n) is 4.99. The number of carbonyl (C=O) groups excluding carboxylic acids is 2. The number of nitrogens with two attached hydrogens (primary N) is 1. The molecule has 0 saturated carbocycles. The first-order chi connectivity index (χ1) is 16.3. The maximum absolute atomic E-state index is 12.9. The van der Waals surface area contributed by atoms with Gasteiger partial charge in [-0.2, -0.15) is 0 Å². The van der Waals surface area contributed by atoms with E-state index in [1.165, 1.54) is 46.3 Å². The second-order valence-electron chi connectivity index (χ2n) is 7.08. The number of aromatic nitrogens is 4. The maximum Gasteiger partial charge on any atom is 0.352 e. The van der Waals surface area contributed by atoms with Crippen molar-refractivity contribution in [2.24, 2.45) is 17.9 Å². The number of amides is 2. The summed E-state index contributed by atoms with van der Waals surface area (Å²) in [7, 11) is 2.95. The van der Waals surface area contributed by atoms with Crippen LogP contribution < -0.4 is 11.1 Å². The van der Waals surface area contributed by atoms with Crippen molar-refractivity contribution in [3.63, 3.8) is 0 Å². The molecule has 4 N–H and O–H groups in total. The molecule has 1 saturated heterocycles. The molecule has 1 fully saturated rings. The third-order valence-corrected chi connectivity index (χ3v) is 7.42. The van der Waals surface area contributed by atoms with Crippen LogP contribution in [0.4, 0.5) is 0 Å². The van der Waals surface area contributed by atoms with Gasteiger partial charge in [-0.05, 0) is 28.1 Å². The monoisotopic (exact) mass is 508 g/mol. The Hall–Kier alpha value is -3.37. The van der Waals surface area contributed by atoms with Gasteiger partial charge in [-0.15, -0.1) is 16.9 Å². The van der Waals surface area contributed by atoms with Crippen molar-refractivity contribution in [3.8, 4) is 0 Å². The predicted molar refractivity (Wildman–Crippen MR) is 119 cm³/mol. The fourth-order valence-electron chi connectivity index (χ4n) is 3.40. The van der Waals surface area contributed by atoms with Gasteiger partial charge in [-0.25, -0.2) is 9.48 Å². The number of hydrogen-bond donors (Lipinski definition) is 3. The van der Waals surface area contributed by atoms with Gasteiger partial charge < -0.3 is 25.4 Å². The summed E-state index contributed by atoms with van der Waals surface area (Å²) in [6.07, 6.45) is 0. The van der Waals surface area contributed by atoms with Crippen LogP contribution in [0.25, 0.3) is 0 Å². The maximum atomic E-state index is 12.9. The SMILES string of the molecule is CO/N=C(/C(=O)N[C@@H]1C(=O)N2C(C(=O)O)=C(CSc3nnnn3C)CS[C@H]12)c1ccc(CN)o1. The van der Waals surface area contributed by atoms with Crippen molar-refractivity contribution < 1.29 is 28.7 Å². The van der Waals surface area contributed by atoms with E-state index in [0.717, 1.165) is 0 Å². The molecule has 2 aliphatic rings. The second kappa shape index (κ2) is 9.86. The van der Waals surface area contributed by atoms with Gasteiger partial charge in [0.05, 0.1) is 6.54 Å². The lowest BCUT2D eigenvalue weighted by Gasteiger charge is -2.49. The Labute approximate surface area is 200 Å². The van der Waals surface area contributed by atoms with Crippen LogP contribution in [0.2, 0.25) is 0 Å². The predicted octanol–water partition coefficient (Wildman–Crippen LogP) is -0.857. The van der Waals surface area contributed by atoms with E-state index in [4.69, 9.17) is 15.0 Å². The molecule has 0 unspecified atom stereocenters. The van der Waals surface area contributed by atoms with E-state index in [-0.39, 0.29) is 23.7 Å². The lowest BCUT2D eigenvalue weighted by atomic mass is 10.0. The van der Waals surface area contributed by atoms with Gasteiger partial charge in [0.15, 0.2) is 5.76 Å². The zero-order valence-corrected chi connectivity index (χ0v) is 19.6. The number of aryl methyl sites for hydroxylation is 1. The number of furan rings is 1. The number of hydrogen-bond acceptors (Lipinski definition) is 12. The van der Waals surface area contributed by atoms with Crippen LogP contribution in [-0.2, 0) is 32.8 Å². The van der Waals surface area contributed by atoms with Crippen LogP contribution in [0, 0.1) is 0 Å². The molecule has 0 spiro atoms. The van der Waals surface area contributed by atoms with E-state index in [1.54, 1.807) is 13.1 Å². The third kappa shape index (κ3) is 4.38. The van der Waals surface area contributed by atoms with E-state index in [2.05, 4.69) is 26.0 Å². The Kier molecular flexibility index (Phi) is 6.90. The topological polar surface area (TPSA) is 191 Å². The Morgan fingerprint density at radius 3 is 2.88 bits per heavy atom. The molecular weight excluding hydrogens is 488 g/mol. The zero-order valence-electron chi connectivity index (χ0n) is 18.0. The Balaban J connectivity index is 1.49. The Morgan fingerprint density at radius 1 is 1.47 bits per heavy atom. The Morgan fingerprint density at radius 2 is 2.26 bits per heavy atom. The molecule has 2 amide bonds. The summed E-state index contributed by atoms with van der Waals surface area (Å²) in [4.78, 5) is 43.7. The van der Waals surface area contributed by atoms with Crippen molar-refractivity contribution in [3.05, 3.63) is 34.9 Å². The molecule has 4 heterocycles. The normalized spacial score (nSPS) is 20.1. The number of aliphatic carboxylic acids is 1. The molecule has 2 aromatic heterocycles. The molecule has 34 heavy (non-hydrogen) atoms. The number of nitrogens with one attached hydrogen (secondary N) is 1. The number of carboxylic acid groups (broad SMARTS) is 1. The van der Waals surface area contributed by atoms with Gasteiger partial charge >= 0.3 is 5.97 Å². The van der Waals surface area contributed by atoms with Crippen LogP contribution in [-0.4, -0.2) is 83.7 Å². The van der Waals surface area contributed by atoms with Crippen LogP contribution >= 0.6 is 23.5 Å². The molecule has 180 valence electrons. The largest absolute Gasteiger partial charge is 0.477 e. The average molecular weight is 509 g/mol. The van der Waals surface area contributed by atoms with Crippen LogP contribution in [0.5, 0.6) is 0 Å². The highest BCUT2D eigenvalue weighted by atomic mass is 32.2. The molecule has 2 aliphatic heterocycles. The van der Waals surface area contributed by atoms with E-state index in [1.807, 2.05) is 0 Å². The first-order valence-corrected chi connectivity index (χ1v) is 11.9. The number of β-lactam (4-membered cyclic amide) rings is 1. The standard InChI is InChI=1S/C18H20N8O6S2/c1-25-18(21-23-24-25)34-7-8-6-33-16-12(15(28)26(16)13(8)17(29)30)20-14(27)11(22-31-2)10-4-3-9(5-19)32-10/h3-4,12,16H,5-7,19H2,1-2H3,(H,20,27)(H,29,30)/b22-11+/t12-,16-/m1/s1. The van der Waals surface area contributed by atoms with Gasteiger partial charge in [-0.3, -0.25) is 14.5 Å². The summed E-state index contributed by atoms with van der Waals surface area (Å²) < 4.78 is 6.94. The van der Waals surface area contributed by atoms with Crippen molar-refractivity contribution in [1.29, 1.82) is 0 Å². The number of oxime groups is 1. The van der Waals surface area contributed by atoms with Crippen LogP contribution in [0.1, 0.15) is 11.5 Å². The minimum atomic E-state index is -1.22. The van der Waals surface area contributed by atoms with Crippen LogP contribution in [0.3, 0.4) is 0 Å². The number of nitrogens with zero attached hydrogens (tertiary/aromatic N) is 6. The summed E-state index contributed by atoms with van der Waals surface area (Å²) in [6.45, 7) is 0.134. The fraction of sp³-hybridized carbons (Fsp3) is 0.389. The van der Waals surface area contributed by atoms with Gasteiger partial charge in [0.1, 0.15) is 30.0 Å². The molecule has 0 aromatic carbocycles. The number of carboxylic acids is 1. The minimum Gasteiger partial charge on any atom is -0.477 e. The average Bonchev–Trinajstić information content (AvgIpc) is 3.47. The highest BCUT2D eigenvalue weighted by molar-refractivity contribution is 8.01. The van der Waals surface area contributed by atoms with E-state index >= 15 is 0 Å². The number of carbonyl (C=O) groups is 3. The van der Waals surface area contributed by atoms with E-state index < -0.39 is 29.2 Å². The molecule has 14 nitrogen and oxygen atoms in total. The molecule has 2 atom stereocenters. The lowest BCUT2D eigenvalue weighted by molar-refractivity contribution is -0.150. The highest BCUT2D eigenvalue weighted by Gasteiger charge is 2.54. The molecule has 0 bridgehead atoms. The van der Waals surface area contributed by atoms with E-state index in [9.17, 15) is 19.5 Å². The number of tetrazole rings is 1. The van der Waals surface area contributed by atoms with Gasteiger partial charge in [0.2, 0.25) is 10.9 Å². The second-order valence-corrected chi connectivity index (χ2v) is 9.13. The number of rotatable bonds is 9. The van der Waals surface area contributed by atoms with Gasteiger partial charge in [-0.1, -0.05) is 16.9 Å². The molecule has 16 heteroatoms. The molecule has 2 aromatic rings. The summed E-state index contributed by atoms with van der Waals surface area (Å²) >= 11 is 2.62. The minimum absolute atomic E-state index is 0.0914. The summed E-state index contributed by atoms with van der Waals surface area (Å²) in [5, 5.41) is 27.2. The van der Waals surface area contributed by atoms with Crippen molar-refractivity contribution in [1.82, 2.24) is 30.4 Å². The molecule has 0 radical (unpaired) electrons. The van der Waals surface area contributed by atoms with Crippen molar-refractivity contribution in [2.75, 3.05) is 18.6 Å². The number of thioether (sulfide) groups is 2. The van der Waals surface area contributed by atoms with Crippen molar-refractivity contribution >= 4 is 47.0 Å². The highest BCUT2D eigenvalue weighted by Crippen LogP contribution is 2.41. The lowest BCUT2D eigenvalue weighted by Crippen LogP contribution is -2.71. The smallest absolute Gasteiger partial charge is 0.352 e. The summed E-state index contributed by atoms with van der Waals surface area (Å²) in [5.74, 6) is -1.23. The quantitative estimate of drug-likeness (QED) is 0.165. The Bertz CT molecular complexity index is 1190. The van der Waals surface area contributed by atoms with E-state index in [0.29, 0.717) is 28.0 Å². The first kappa shape index (κ1) is 23.8. The van der Waals surface area contributed by atoms with Gasteiger partial charge in [0, 0.05) is 18.6 Å². The summed E-state index contributed by atoms with van der Waals surface area (Å²) in [6, 6.07) is 2.18. The summed E-state index contributed by atoms with van der Waals surface area (Å²) in [5.41, 5.74) is 5.84. The van der Waals surface area contributed by atoms with Gasteiger partial charge in [0.25, 0.3) is 11.8 Å².